The summed E-state index contributed by atoms with van der Waals surface area (Å²) in [5, 5.41) is 9.96. The number of methoxy groups -OCH3 is 1. The van der Waals surface area contributed by atoms with E-state index in [0.717, 1.165) is 68.2 Å². The molecule has 0 N–H and O–H groups in total. The van der Waals surface area contributed by atoms with Crippen molar-refractivity contribution in [2.45, 2.75) is 49.8 Å². The SMILES string of the molecule is COC1C=CC(C23CC2CN(CCCSc2nnc(C4CCOCC4)n2C)C3)=CC1C(C)=O. The van der Waals surface area contributed by atoms with Gasteiger partial charge in [-0.3, -0.25) is 4.79 Å². The van der Waals surface area contributed by atoms with Crippen molar-refractivity contribution in [2.24, 2.45) is 24.3 Å². The van der Waals surface area contributed by atoms with E-state index in [9.17, 15) is 4.79 Å². The van der Waals surface area contributed by atoms with E-state index in [2.05, 4.69) is 44.9 Å². The molecule has 2 aliphatic heterocycles. The van der Waals surface area contributed by atoms with Crippen LogP contribution in [0.2, 0.25) is 0 Å². The fourth-order valence-electron chi connectivity index (χ4n) is 5.99. The predicted molar refractivity (Wildman–Crippen MR) is 128 cm³/mol. The van der Waals surface area contributed by atoms with E-state index in [4.69, 9.17) is 9.47 Å². The highest BCUT2D eigenvalue weighted by molar-refractivity contribution is 7.99. The maximum Gasteiger partial charge on any atom is 0.190 e. The van der Waals surface area contributed by atoms with E-state index >= 15 is 0 Å². The Morgan fingerprint density at radius 3 is 2.91 bits per heavy atom. The van der Waals surface area contributed by atoms with Crippen LogP contribution in [0.5, 0.6) is 0 Å². The second kappa shape index (κ2) is 9.64. The molecule has 8 heteroatoms. The summed E-state index contributed by atoms with van der Waals surface area (Å²) in [5.41, 5.74) is 1.62. The van der Waals surface area contributed by atoms with Crippen molar-refractivity contribution in [1.82, 2.24) is 19.7 Å². The van der Waals surface area contributed by atoms with Crippen LogP contribution in [-0.2, 0) is 21.3 Å². The minimum Gasteiger partial charge on any atom is -0.381 e. The Kier molecular flexibility index (Phi) is 6.80. The number of ether oxygens (including phenoxy) is 2. The molecular formula is C25H36N4O3S. The van der Waals surface area contributed by atoms with Crippen LogP contribution in [0.25, 0.3) is 0 Å². The molecule has 0 bridgehead atoms. The number of hydrogen-bond donors (Lipinski definition) is 0. The van der Waals surface area contributed by atoms with Crippen molar-refractivity contribution in [1.29, 1.82) is 0 Å². The summed E-state index contributed by atoms with van der Waals surface area (Å²) in [6.07, 6.45) is 10.9. The Balaban J connectivity index is 1.11. The van der Waals surface area contributed by atoms with Gasteiger partial charge in [-0.25, -0.2) is 0 Å². The minimum atomic E-state index is -0.145. The average molecular weight is 473 g/mol. The molecule has 0 aromatic carbocycles. The van der Waals surface area contributed by atoms with Gasteiger partial charge >= 0.3 is 0 Å². The number of ketones is 1. The van der Waals surface area contributed by atoms with Crippen molar-refractivity contribution in [3.63, 3.8) is 0 Å². The molecule has 7 nitrogen and oxygen atoms in total. The number of nitrogens with zero attached hydrogens (tertiary/aromatic N) is 4. The number of Topliss-reactive ketones (excluding diaryl/α,β-unsaturated/α-hetero) is 1. The van der Waals surface area contributed by atoms with Crippen molar-refractivity contribution < 1.29 is 14.3 Å². The fraction of sp³-hybridized carbons (Fsp3) is 0.720. The van der Waals surface area contributed by atoms with Crippen LogP contribution in [0.4, 0.5) is 0 Å². The summed E-state index contributed by atoms with van der Waals surface area (Å²) in [6, 6.07) is 0. The molecule has 3 heterocycles. The van der Waals surface area contributed by atoms with Crippen LogP contribution < -0.4 is 0 Å². The topological polar surface area (TPSA) is 69.5 Å². The van der Waals surface area contributed by atoms with E-state index in [1.807, 2.05) is 11.8 Å². The lowest BCUT2D eigenvalue weighted by Crippen LogP contribution is -2.30. The molecule has 2 aliphatic carbocycles. The van der Waals surface area contributed by atoms with Gasteiger partial charge in [0.25, 0.3) is 0 Å². The van der Waals surface area contributed by atoms with Crippen LogP contribution in [0, 0.1) is 17.3 Å². The first-order chi connectivity index (χ1) is 16.0. The minimum absolute atomic E-state index is 0.123. The van der Waals surface area contributed by atoms with Crippen LogP contribution in [0.15, 0.2) is 29.0 Å². The van der Waals surface area contributed by atoms with Gasteiger partial charge in [-0.05, 0) is 50.6 Å². The van der Waals surface area contributed by atoms with Crippen molar-refractivity contribution in [3.8, 4) is 0 Å². The highest BCUT2D eigenvalue weighted by atomic mass is 32.2. The number of thioether (sulfide) groups is 1. The molecule has 0 amide bonds. The van der Waals surface area contributed by atoms with E-state index in [1.165, 1.54) is 18.5 Å². The molecule has 3 fully saturated rings. The first kappa shape index (κ1) is 23.3. The number of piperidine rings is 1. The van der Waals surface area contributed by atoms with Gasteiger partial charge in [0, 0.05) is 57.5 Å². The molecule has 5 rings (SSSR count). The molecule has 0 spiro atoms. The Bertz CT molecular complexity index is 938. The van der Waals surface area contributed by atoms with Crippen molar-refractivity contribution in [2.75, 3.05) is 45.7 Å². The summed E-state index contributed by atoms with van der Waals surface area (Å²) in [4.78, 5) is 14.7. The van der Waals surface area contributed by atoms with Crippen molar-refractivity contribution in [3.05, 3.63) is 29.6 Å². The molecule has 4 atom stereocenters. The van der Waals surface area contributed by atoms with Gasteiger partial charge in [0.2, 0.25) is 0 Å². The number of aromatic nitrogens is 3. The van der Waals surface area contributed by atoms with E-state index in [1.54, 1.807) is 14.0 Å². The molecule has 180 valence electrons. The first-order valence-electron chi connectivity index (χ1n) is 12.3. The Labute approximate surface area is 201 Å². The quantitative estimate of drug-likeness (QED) is 0.404. The Morgan fingerprint density at radius 2 is 2.15 bits per heavy atom. The standard InChI is InChI=1S/C25H36N4O3S/c1-17(30)21-13-19(5-6-22(21)31-3)25-14-20(25)15-29(16-25)9-4-12-33-24-27-26-23(28(24)2)18-7-10-32-11-8-18/h5-6,13,18,20-22H,4,7-12,14-16H2,1-3H3. The van der Waals surface area contributed by atoms with E-state index in [0.29, 0.717) is 5.92 Å². The Hall–Kier alpha value is -1.48. The van der Waals surface area contributed by atoms with Gasteiger partial charge in [-0.15, -0.1) is 10.2 Å². The monoisotopic (exact) mass is 472 g/mol. The lowest BCUT2D eigenvalue weighted by molar-refractivity contribution is -0.122. The van der Waals surface area contributed by atoms with Gasteiger partial charge < -0.3 is 18.9 Å². The molecule has 33 heavy (non-hydrogen) atoms. The molecule has 0 radical (unpaired) electrons. The third-order valence-electron chi connectivity index (χ3n) is 8.02. The summed E-state index contributed by atoms with van der Waals surface area (Å²) in [5.74, 6) is 3.41. The largest absolute Gasteiger partial charge is 0.381 e. The third kappa shape index (κ3) is 4.59. The molecule has 1 saturated carbocycles. The first-order valence-corrected chi connectivity index (χ1v) is 13.3. The second-order valence-corrected chi connectivity index (χ2v) is 11.2. The lowest BCUT2D eigenvalue weighted by atomic mass is 9.83. The van der Waals surface area contributed by atoms with Crippen LogP contribution in [0.1, 0.15) is 44.3 Å². The van der Waals surface area contributed by atoms with Gasteiger partial charge in [0.05, 0.1) is 12.0 Å². The smallest absolute Gasteiger partial charge is 0.190 e. The Morgan fingerprint density at radius 1 is 1.33 bits per heavy atom. The normalized spacial score (nSPS) is 32.1. The number of carbonyl (C=O) groups excluding carboxylic acids is 1. The average Bonchev–Trinajstić information content (AvgIpc) is 3.21. The number of hydrogen-bond acceptors (Lipinski definition) is 7. The third-order valence-corrected chi connectivity index (χ3v) is 9.12. The zero-order valence-electron chi connectivity index (χ0n) is 20.0. The zero-order valence-corrected chi connectivity index (χ0v) is 20.9. The van der Waals surface area contributed by atoms with Crippen LogP contribution in [-0.4, -0.2) is 77.3 Å². The molecule has 1 aromatic heterocycles. The van der Waals surface area contributed by atoms with E-state index < -0.39 is 0 Å². The molecular weight excluding hydrogens is 436 g/mol. The molecule has 4 aliphatic rings. The van der Waals surface area contributed by atoms with Gasteiger partial charge in [-0.1, -0.05) is 30.0 Å². The van der Waals surface area contributed by atoms with Gasteiger partial charge in [-0.2, -0.15) is 0 Å². The summed E-state index contributed by atoms with van der Waals surface area (Å²) >= 11 is 1.82. The summed E-state index contributed by atoms with van der Waals surface area (Å²) < 4.78 is 13.2. The summed E-state index contributed by atoms with van der Waals surface area (Å²) in [6.45, 7) is 6.73. The predicted octanol–water partition coefficient (Wildman–Crippen LogP) is 3.23. The van der Waals surface area contributed by atoms with Crippen LogP contribution in [0.3, 0.4) is 0 Å². The van der Waals surface area contributed by atoms with Crippen LogP contribution >= 0.6 is 11.8 Å². The van der Waals surface area contributed by atoms with Gasteiger partial charge in [0.1, 0.15) is 11.6 Å². The zero-order chi connectivity index (χ0) is 23.0. The van der Waals surface area contributed by atoms with E-state index in [-0.39, 0.29) is 23.2 Å². The van der Waals surface area contributed by atoms with Crippen molar-refractivity contribution >= 4 is 17.5 Å². The summed E-state index contributed by atoms with van der Waals surface area (Å²) in [7, 11) is 3.78. The number of rotatable bonds is 9. The molecule has 4 unspecified atom stereocenters. The maximum absolute atomic E-state index is 12.1. The lowest BCUT2D eigenvalue weighted by Gasteiger charge is -2.27. The van der Waals surface area contributed by atoms with Gasteiger partial charge in [0.15, 0.2) is 5.16 Å². The highest BCUT2D eigenvalue weighted by Gasteiger charge is 2.61. The number of fused-ring (bicyclic) bond motifs is 1. The number of likely N-dealkylation sites (tertiary alicyclic amines) is 1. The molecule has 2 saturated heterocycles. The molecule has 1 aromatic rings. The maximum atomic E-state index is 12.1. The highest BCUT2D eigenvalue weighted by Crippen LogP contribution is 2.63. The fourth-order valence-corrected chi connectivity index (χ4v) is 6.83. The second-order valence-electron chi connectivity index (χ2n) is 10.1. The number of carbonyl (C=O) groups is 1. The number of allylic oxidation sites excluding steroid dienone is 1.